The van der Waals surface area contributed by atoms with Crippen LogP contribution in [0.3, 0.4) is 0 Å². The van der Waals surface area contributed by atoms with Crippen LogP contribution >= 0.6 is 11.6 Å². The highest BCUT2D eigenvalue weighted by atomic mass is 35.5. The highest BCUT2D eigenvalue weighted by molar-refractivity contribution is 7.91. The molecule has 0 spiro atoms. The second-order valence-corrected chi connectivity index (χ2v) is 7.67. The maximum Gasteiger partial charge on any atom is 0.153 e. The van der Waals surface area contributed by atoms with E-state index in [4.69, 9.17) is 11.6 Å². The van der Waals surface area contributed by atoms with Crippen LogP contribution in [0.25, 0.3) is 0 Å². The molecule has 0 aliphatic carbocycles. The van der Waals surface area contributed by atoms with E-state index in [0.29, 0.717) is 5.02 Å². The van der Waals surface area contributed by atoms with Crippen molar-refractivity contribution < 1.29 is 8.42 Å². The molecule has 1 aliphatic heterocycles. The van der Waals surface area contributed by atoms with Gasteiger partial charge in [0, 0.05) is 16.6 Å². The van der Waals surface area contributed by atoms with E-state index in [1.165, 1.54) is 0 Å². The molecule has 5 heteroatoms. The highest BCUT2D eigenvalue weighted by Gasteiger charge is 2.37. The van der Waals surface area contributed by atoms with Crippen LogP contribution in [-0.4, -0.2) is 25.5 Å². The van der Waals surface area contributed by atoms with Crippen molar-refractivity contribution in [2.75, 3.05) is 11.5 Å². The summed E-state index contributed by atoms with van der Waals surface area (Å²) in [5.74, 6) is 0.279. The number of benzene rings is 1. The molecule has 1 unspecified atom stereocenters. The minimum Gasteiger partial charge on any atom is -0.303 e. The molecule has 1 heterocycles. The summed E-state index contributed by atoms with van der Waals surface area (Å²) in [6, 6.07) is 7.15. The van der Waals surface area contributed by atoms with Gasteiger partial charge >= 0.3 is 0 Å². The van der Waals surface area contributed by atoms with Gasteiger partial charge < -0.3 is 5.32 Å². The van der Waals surface area contributed by atoms with Crippen molar-refractivity contribution in [2.24, 2.45) is 0 Å². The molecule has 1 saturated heterocycles. The van der Waals surface area contributed by atoms with Crippen LogP contribution in [0.1, 0.15) is 25.5 Å². The van der Waals surface area contributed by atoms with E-state index in [-0.39, 0.29) is 17.5 Å². The monoisotopic (exact) mass is 273 g/mol. The number of hydrogen-bond acceptors (Lipinski definition) is 3. The van der Waals surface area contributed by atoms with E-state index < -0.39 is 15.4 Å². The third kappa shape index (κ3) is 3.00. The summed E-state index contributed by atoms with van der Waals surface area (Å²) in [5, 5.41) is 3.95. The number of sulfone groups is 1. The molecule has 0 aromatic heterocycles. The smallest absolute Gasteiger partial charge is 0.153 e. The summed E-state index contributed by atoms with van der Waals surface area (Å²) in [5.41, 5.74) is 0.437. The van der Waals surface area contributed by atoms with Crippen LogP contribution in [0.2, 0.25) is 5.02 Å². The first-order valence-electron chi connectivity index (χ1n) is 5.52. The predicted molar refractivity (Wildman–Crippen MR) is 70.1 cm³/mol. The molecule has 2 rings (SSSR count). The van der Waals surface area contributed by atoms with Crippen molar-refractivity contribution in [3.63, 3.8) is 0 Å². The maximum atomic E-state index is 11.9. The number of hydrogen-bond donors (Lipinski definition) is 1. The molecule has 0 radical (unpaired) electrons. The minimum absolute atomic E-state index is 0.111. The quantitative estimate of drug-likeness (QED) is 0.853. The fourth-order valence-electron chi connectivity index (χ4n) is 2.34. The summed E-state index contributed by atoms with van der Waals surface area (Å²) >= 11 is 6.11. The first kappa shape index (κ1) is 12.9. The zero-order valence-electron chi connectivity index (χ0n) is 9.90. The standard InChI is InChI=1S/C12H16ClNO2S/c1-12(2)8-17(15,16)7-11(14-12)9-5-3-4-6-10(9)13/h3-6,11,14H,7-8H2,1-2H3. The Balaban J connectivity index is 2.37. The van der Waals surface area contributed by atoms with Crippen LogP contribution in [0.15, 0.2) is 24.3 Å². The lowest BCUT2D eigenvalue weighted by molar-refractivity contribution is 0.360. The average Bonchev–Trinajstić information content (AvgIpc) is 2.13. The van der Waals surface area contributed by atoms with Crippen LogP contribution in [-0.2, 0) is 9.84 Å². The van der Waals surface area contributed by atoms with Gasteiger partial charge in [-0.2, -0.15) is 0 Å². The minimum atomic E-state index is -3.03. The van der Waals surface area contributed by atoms with Gasteiger partial charge in [0.25, 0.3) is 0 Å². The molecule has 17 heavy (non-hydrogen) atoms. The molecule has 3 nitrogen and oxygen atoms in total. The molecule has 0 bridgehead atoms. The Kier molecular flexibility index (Phi) is 3.23. The molecular formula is C12H16ClNO2S. The zero-order chi connectivity index (χ0) is 12.7. The van der Waals surface area contributed by atoms with Gasteiger partial charge in [-0.3, -0.25) is 0 Å². The summed E-state index contributed by atoms with van der Waals surface area (Å²) < 4.78 is 23.8. The largest absolute Gasteiger partial charge is 0.303 e. The fourth-order valence-corrected chi connectivity index (χ4v) is 4.68. The van der Waals surface area contributed by atoms with E-state index in [2.05, 4.69) is 5.32 Å². The normalized spacial score (nSPS) is 26.6. The van der Waals surface area contributed by atoms with Gasteiger partial charge in [0.2, 0.25) is 0 Å². The fraction of sp³-hybridized carbons (Fsp3) is 0.500. The van der Waals surface area contributed by atoms with Gasteiger partial charge in [0.15, 0.2) is 9.84 Å². The van der Waals surface area contributed by atoms with Crippen molar-refractivity contribution in [1.29, 1.82) is 0 Å². The molecule has 1 N–H and O–H groups in total. The summed E-state index contributed by atoms with van der Waals surface area (Å²) in [6.45, 7) is 3.79. The van der Waals surface area contributed by atoms with E-state index in [9.17, 15) is 8.42 Å². The Morgan fingerprint density at radius 1 is 1.35 bits per heavy atom. The SMILES string of the molecule is CC1(C)CS(=O)(=O)CC(c2ccccc2Cl)N1. The van der Waals surface area contributed by atoms with Gasteiger partial charge in [0.05, 0.1) is 11.5 Å². The Hall–Kier alpha value is -0.580. The molecule has 0 amide bonds. The van der Waals surface area contributed by atoms with Crippen molar-refractivity contribution in [3.8, 4) is 0 Å². The topological polar surface area (TPSA) is 46.2 Å². The molecule has 1 aromatic rings. The molecule has 1 aromatic carbocycles. The average molecular weight is 274 g/mol. The Bertz CT molecular complexity index is 525. The van der Waals surface area contributed by atoms with E-state index in [1.54, 1.807) is 6.07 Å². The zero-order valence-corrected chi connectivity index (χ0v) is 11.5. The van der Waals surface area contributed by atoms with Crippen molar-refractivity contribution in [2.45, 2.75) is 25.4 Å². The van der Waals surface area contributed by atoms with Gasteiger partial charge in [-0.1, -0.05) is 29.8 Å². The number of nitrogens with one attached hydrogen (secondary N) is 1. The van der Waals surface area contributed by atoms with Gasteiger partial charge in [-0.15, -0.1) is 0 Å². The van der Waals surface area contributed by atoms with E-state index in [1.807, 2.05) is 32.0 Å². The first-order chi connectivity index (χ1) is 7.79. The Morgan fingerprint density at radius 3 is 2.59 bits per heavy atom. The lowest BCUT2D eigenvalue weighted by Crippen LogP contribution is -2.54. The van der Waals surface area contributed by atoms with Gasteiger partial charge in [0.1, 0.15) is 0 Å². The first-order valence-corrected chi connectivity index (χ1v) is 7.72. The summed E-state index contributed by atoms with van der Waals surface area (Å²) in [6.07, 6.45) is 0. The highest BCUT2D eigenvalue weighted by Crippen LogP contribution is 2.29. The molecule has 0 saturated carbocycles. The maximum absolute atomic E-state index is 11.9. The molecule has 1 aliphatic rings. The van der Waals surface area contributed by atoms with Crippen LogP contribution in [0, 0.1) is 0 Å². The van der Waals surface area contributed by atoms with Crippen molar-refractivity contribution in [3.05, 3.63) is 34.9 Å². The molecule has 1 fully saturated rings. The Labute approximate surface area is 107 Å². The lowest BCUT2D eigenvalue weighted by Gasteiger charge is -2.37. The van der Waals surface area contributed by atoms with Gasteiger partial charge in [-0.25, -0.2) is 8.42 Å². The van der Waals surface area contributed by atoms with Crippen LogP contribution < -0.4 is 5.32 Å². The predicted octanol–water partition coefficient (Wildman–Crippen LogP) is 2.18. The number of rotatable bonds is 1. The second kappa shape index (κ2) is 4.26. The van der Waals surface area contributed by atoms with Crippen molar-refractivity contribution in [1.82, 2.24) is 5.32 Å². The molecular weight excluding hydrogens is 258 g/mol. The summed E-state index contributed by atoms with van der Waals surface area (Å²) in [7, 11) is -3.03. The Morgan fingerprint density at radius 2 is 2.00 bits per heavy atom. The molecule has 94 valence electrons. The van der Waals surface area contributed by atoms with E-state index >= 15 is 0 Å². The number of halogens is 1. The van der Waals surface area contributed by atoms with Gasteiger partial charge in [-0.05, 0) is 25.5 Å². The van der Waals surface area contributed by atoms with Crippen LogP contribution in [0.4, 0.5) is 0 Å². The second-order valence-electron chi connectivity index (χ2n) is 5.16. The lowest BCUT2D eigenvalue weighted by atomic mass is 10.0. The third-order valence-electron chi connectivity index (χ3n) is 2.85. The molecule has 1 atom stereocenters. The van der Waals surface area contributed by atoms with E-state index in [0.717, 1.165) is 5.56 Å². The van der Waals surface area contributed by atoms with Crippen LogP contribution in [0.5, 0.6) is 0 Å². The van der Waals surface area contributed by atoms with Crippen molar-refractivity contribution >= 4 is 21.4 Å². The third-order valence-corrected chi connectivity index (χ3v) is 5.19. The summed E-state index contributed by atoms with van der Waals surface area (Å²) in [4.78, 5) is 0.